The number of halogens is 1. The quantitative estimate of drug-likeness (QED) is 0.130. The molecule has 2 rings (SSSR count). The number of unbranched alkanes of at least 4 members (excludes halogenated alkanes) is 14. The first kappa shape index (κ1) is 31.8. The maximum atomic E-state index is 13.3. The summed E-state index contributed by atoms with van der Waals surface area (Å²) in [6.07, 6.45) is 19.7. The number of hydrogen-bond donors (Lipinski definition) is 1. The second kappa shape index (κ2) is 18.0. The lowest BCUT2D eigenvalue weighted by atomic mass is 9.99. The zero-order valence-electron chi connectivity index (χ0n) is 24.1. The summed E-state index contributed by atoms with van der Waals surface area (Å²) in [5, 5.41) is 9.46. The Kier molecular flexibility index (Phi) is 15.0. The van der Waals surface area contributed by atoms with Crippen LogP contribution in [0.1, 0.15) is 143 Å². The molecule has 0 saturated heterocycles. The average molecular weight is 528 g/mol. The van der Waals surface area contributed by atoms with E-state index in [0.717, 1.165) is 29.7 Å². The Bertz CT molecular complexity index is 977. The Morgan fingerprint density at radius 2 is 1.24 bits per heavy atom. The third kappa shape index (κ3) is 11.1. The van der Waals surface area contributed by atoms with Gasteiger partial charge in [-0.3, -0.25) is 9.59 Å². The van der Waals surface area contributed by atoms with E-state index in [4.69, 9.17) is 0 Å². The molecule has 0 radical (unpaired) electrons. The van der Waals surface area contributed by atoms with Gasteiger partial charge in [0.05, 0.1) is 6.42 Å². The van der Waals surface area contributed by atoms with Crippen molar-refractivity contribution in [3.05, 3.63) is 58.2 Å². The molecule has 1 N–H and O–H groups in total. The summed E-state index contributed by atoms with van der Waals surface area (Å²) >= 11 is 0. The molecule has 0 bridgehead atoms. The molecule has 1 aromatic heterocycles. The summed E-state index contributed by atoms with van der Waals surface area (Å²) in [5.74, 6) is -1.13. The van der Waals surface area contributed by atoms with Gasteiger partial charge in [-0.1, -0.05) is 109 Å². The summed E-state index contributed by atoms with van der Waals surface area (Å²) in [5.41, 5.74) is 3.75. The smallest absolute Gasteiger partial charge is 0.309 e. The van der Waals surface area contributed by atoms with E-state index in [1.54, 1.807) is 12.1 Å². The zero-order valence-corrected chi connectivity index (χ0v) is 24.1. The molecule has 1 aromatic carbocycles. The van der Waals surface area contributed by atoms with Crippen LogP contribution in [0, 0.1) is 19.7 Å². The van der Waals surface area contributed by atoms with Crippen LogP contribution in [0.4, 0.5) is 4.39 Å². The Hall–Kier alpha value is -2.43. The van der Waals surface area contributed by atoms with E-state index >= 15 is 0 Å². The van der Waals surface area contributed by atoms with Crippen LogP contribution in [0.25, 0.3) is 0 Å². The minimum Gasteiger partial charge on any atom is -0.481 e. The Balaban J connectivity index is 1.73. The van der Waals surface area contributed by atoms with E-state index in [0.29, 0.717) is 24.2 Å². The number of benzene rings is 1. The molecule has 0 aliphatic carbocycles. The van der Waals surface area contributed by atoms with Crippen LogP contribution in [0.5, 0.6) is 0 Å². The number of rotatable bonds is 21. The van der Waals surface area contributed by atoms with E-state index < -0.39 is 5.97 Å². The average Bonchev–Trinajstić information content (AvgIpc) is 3.11. The van der Waals surface area contributed by atoms with E-state index in [9.17, 15) is 19.1 Å². The monoisotopic (exact) mass is 527 g/mol. The minimum atomic E-state index is -0.924. The van der Waals surface area contributed by atoms with Crippen LogP contribution in [-0.4, -0.2) is 21.4 Å². The van der Waals surface area contributed by atoms with Crippen molar-refractivity contribution in [1.29, 1.82) is 0 Å². The van der Waals surface area contributed by atoms with Crippen molar-refractivity contribution in [3.63, 3.8) is 0 Å². The van der Waals surface area contributed by atoms with Gasteiger partial charge in [0.15, 0.2) is 5.78 Å². The number of aliphatic carboxylic acids is 1. The van der Waals surface area contributed by atoms with Gasteiger partial charge >= 0.3 is 5.97 Å². The maximum Gasteiger partial charge on any atom is 0.309 e. The molecule has 1 heterocycles. The molecule has 0 saturated carbocycles. The van der Waals surface area contributed by atoms with Gasteiger partial charge < -0.3 is 9.67 Å². The van der Waals surface area contributed by atoms with E-state index in [1.165, 1.54) is 95.6 Å². The number of carboxylic acid groups (broad SMARTS) is 1. The van der Waals surface area contributed by atoms with Crippen molar-refractivity contribution in [2.75, 3.05) is 0 Å². The number of carbonyl (C=O) groups is 2. The molecule has 212 valence electrons. The van der Waals surface area contributed by atoms with Gasteiger partial charge in [0.1, 0.15) is 5.82 Å². The van der Waals surface area contributed by atoms with Crippen molar-refractivity contribution in [1.82, 2.24) is 4.57 Å². The lowest BCUT2D eigenvalue weighted by Crippen LogP contribution is -2.11. The topological polar surface area (TPSA) is 59.3 Å². The summed E-state index contributed by atoms with van der Waals surface area (Å²) in [7, 11) is 0. The van der Waals surface area contributed by atoms with Crippen molar-refractivity contribution >= 4 is 11.8 Å². The number of Topliss-reactive ketones (excluding diaryl/α,β-unsaturated/α-hetero) is 1. The van der Waals surface area contributed by atoms with E-state index in [2.05, 4.69) is 6.92 Å². The van der Waals surface area contributed by atoms with Gasteiger partial charge in [-0.05, 0) is 43.5 Å². The fourth-order valence-corrected chi connectivity index (χ4v) is 5.51. The number of nitrogens with zero attached hydrogens (tertiary/aromatic N) is 1. The lowest BCUT2D eigenvalue weighted by molar-refractivity contribution is -0.136. The molecule has 0 amide bonds. The molecule has 0 atom stereocenters. The normalized spacial score (nSPS) is 11.3. The maximum absolute atomic E-state index is 13.3. The highest BCUT2D eigenvalue weighted by Crippen LogP contribution is 2.26. The molecule has 38 heavy (non-hydrogen) atoms. The van der Waals surface area contributed by atoms with Crippen LogP contribution >= 0.6 is 0 Å². The van der Waals surface area contributed by atoms with Gasteiger partial charge in [-0.2, -0.15) is 0 Å². The Morgan fingerprint density at radius 1 is 0.763 bits per heavy atom. The molecule has 4 nitrogen and oxygen atoms in total. The Morgan fingerprint density at radius 3 is 1.71 bits per heavy atom. The molecule has 0 spiro atoms. The van der Waals surface area contributed by atoms with Crippen LogP contribution in [-0.2, 0) is 17.8 Å². The number of aromatic nitrogens is 1. The largest absolute Gasteiger partial charge is 0.481 e. The molecule has 0 aliphatic heterocycles. The van der Waals surface area contributed by atoms with Gasteiger partial charge in [0, 0.05) is 29.9 Å². The lowest BCUT2D eigenvalue weighted by Gasteiger charge is -2.11. The van der Waals surface area contributed by atoms with E-state index in [-0.39, 0.29) is 18.0 Å². The number of ketones is 1. The predicted molar refractivity (Wildman–Crippen MR) is 155 cm³/mol. The number of carboxylic acids is 1. The molecule has 2 aromatic rings. The summed E-state index contributed by atoms with van der Waals surface area (Å²) in [6, 6.07) is 6.21. The van der Waals surface area contributed by atoms with Crippen LogP contribution in [0.15, 0.2) is 24.3 Å². The number of carbonyl (C=O) groups excluding carboxylic acids is 1. The number of hydrogen-bond acceptors (Lipinski definition) is 2. The zero-order chi connectivity index (χ0) is 27.8. The third-order valence-electron chi connectivity index (χ3n) is 7.76. The predicted octanol–water partition coefficient (Wildman–Crippen LogP) is 9.36. The summed E-state index contributed by atoms with van der Waals surface area (Å²) in [4.78, 5) is 24.7. The summed E-state index contributed by atoms with van der Waals surface area (Å²) < 4.78 is 15.2. The molecule has 0 unspecified atom stereocenters. The highest BCUT2D eigenvalue weighted by molar-refractivity contribution is 5.99. The van der Waals surface area contributed by atoms with Crippen molar-refractivity contribution in [3.8, 4) is 0 Å². The van der Waals surface area contributed by atoms with Gasteiger partial charge in [0.2, 0.25) is 0 Å². The highest BCUT2D eigenvalue weighted by atomic mass is 19.1. The first-order valence-corrected chi connectivity index (χ1v) is 15.0. The molecule has 0 aliphatic rings. The second-order valence-corrected chi connectivity index (χ2v) is 10.9. The van der Waals surface area contributed by atoms with Gasteiger partial charge in [-0.25, -0.2) is 4.39 Å². The summed E-state index contributed by atoms with van der Waals surface area (Å²) in [6.45, 7) is 6.43. The molecule has 0 fully saturated rings. The third-order valence-corrected chi connectivity index (χ3v) is 7.76. The fourth-order valence-electron chi connectivity index (χ4n) is 5.51. The van der Waals surface area contributed by atoms with Crippen molar-refractivity contribution < 1.29 is 19.1 Å². The SMILES string of the molecule is CCCCCCCCCCCCCCCCCC(=O)c1c(C)c(CC(=O)O)n(Cc2ccc(F)cc2)c1C. The van der Waals surface area contributed by atoms with Crippen molar-refractivity contribution in [2.24, 2.45) is 0 Å². The minimum absolute atomic E-state index is 0.0965. The van der Waals surface area contributed by atoms with Gasteiger partial charge in [-0.15, -0.1) is 0 Å². The van der Waals surface area contributed by atoms with Crippen LogP contribution in [0.3, 0.4) is 0 Å². The molecule has 5 heteroatoms. The Labute approximate surface area is 230 Å². The fraction of sp³-hybridized carbons (Fsp3) is 0.636. The van der Waals surface area contributed by atoms with Crippen LogP contribution < -0.4 is 0 Å². The molecular formula is C33H50FNO3. The van der Waals surface area contributed by atoms with Crippen molar-refractivity contribution in [2.45, 2.75) is 136 Å². The van der Waals surface area contributed by atoms with E-state index in [1.807, 2.05) is 18.4 Å². The first-order valence-electron chi connectivity index (χ1n) is 15.0. The second-order valence-electron chi connectivity index (χ2n) is 10.9. The van der Waals surface area contributed by atoms with Crippen LogP contribution in [0.2, 0.25) is 0 Å². The molecular weight excluding hydrogens is 477 g/mol. The standard InChI is InChI=1S/C33H50FNO3/c1-4-5-6-7-8-9-10-11-12-13-14-15-16-17-18-19-31(36)33-26(2)30(24-32(37)38)35(27(33)3)25-28-20-22-29(34)23-21-28/h20-23H,4-19,24-25H2,1-3H3,(H,37,38). The highest BCUT2D eigenvalue weighted by Gasteiger charge is 2.23. The van der Waals surface area contributed by atoms with Gasteiger partial charge in [0.25, 0.3) is 0 Å². The first-order chi connectivity index (χ1) is 18.3.